The summed E-state index contributed by atoms with van der Waals surface area (Å²) in [4.78, 5) is 0. The lowest BCUT2D eigenvalue weighted by Crippen LogP contribution is -2.81. The molecule has 0 bridgehead atoms. The van der Waals surface area contributed by atoms with E-state index in [0.717, 1.165) is 4.74 Å². The van der Waals surface area contributed by atoms with Crippen molar-refractivity contribution in [1.82, 2.24) is 0 Å². The Morgan fingerprint density at radius 1 is 0.233 bits per heavy atom. The first kappa shape index (κ1) is 90.1. The molecule has 6 unspecified atom stereocenters. The molecule has 0 amide bonds. The molecule has 0 aliphatic carbocycles. The molecule has 5 saturated heterocycles. The molecule has 610 valence electrons. The predicted molar refractivity (Wildman–Crippen MR) is 227 cm³/mol. The Balaban J connectivity index is 2.05. The third-order valence-electron chi connectivity index (χ3n) is 13.1. The first-order chi connectivity index (χ1) is 45.9. The van der Waals surface area contributed by atoms with Gasteiger partial charge in [0.25, 0.3) is 0 Å². The van der Waals surface area contributed by atoms with Crippen molar-refractivity contribution in [3.63, 3.8) is 0 Å². The highest BCUT2D eigenvalue weighted by molar-refractivity contribution is 5.13. The van der Waals surface area contributed by atoms with E-state index >= 15 is 167 Å². The topological polar surface area (TPSA) is 203 Å². The minimum absolute atomic E-state index is 0.760. The second-order valence-corrected chi connectivity index (χ2v) is 21.4. The molecule has 103 heavy (non-hydrogen) atoms. The van der Waals surface area contributed by atoms with Gasteiger partial charge >= 0.3 is 132 Å². The molecule has 0 aromatic rings. The molecule has 0 aromatic heterocycles. The average Bonchev–Trinajstić information content (AvgIpc) is 1.58. The van der Waals surface area contributed by atoms with Crippen molar-refractivity contribution in [2.24, 2.45) is 10.8 Å². The van der Waals surface area contributed by atoms with Gasteiger partial charge in [-0.25, -0.2) is 28.4 Å². The molecular weight excluding hydrogens is 1590 g/mol. The number of halogens is 40. The molecule has 19 nitrogen and oxygen atoms in total. The maximum atomic E-state index is 17.5. The summed E-state index contributed by atoms with van der Waals surface area (Å²) < 4.78 is 693. The molecule has 5 aliphatic rings. The van der Waals surface area contributed by atoms with Gasteiger partial charge in [0, 0.05) is 0 Å². The molecule has 59 heteroatoms. The van der Waals surface area contributed by atoms with Gasteiger partial charge in [0.05, 0.1) is 66.1 Å². The lowest BCUT2D eigenvalue weighted by Gasteiger charge is -2.54. The summed E-state index contributed by atoms with van der Waals surface area (Å²) in [6, 6.07) is 0. The van der Waals surface area contributed by atoms with Gasteiger partial charge < -0.3 is 57.2 Å². The third kappa shape index (κ3) is 19.0. The number of alkyl halides is 40. The van der Waals surface area contributed by atoms with Crippen molar-refractivity contribution >= 4 is 0 Å². The zero-order valence-electron chi connectivity index (χ0n) is 48.8. The maximum absolute atomic E-state index is 17.5. The summed E-state index contributed by atoms with van der Waals surface area (Å²) in [7, 11) is 0. The second kappa shape index (κ2) is 29.4. The molecule has 5 aliphatic heterocycles. The van der Waals surface area contributed by atoms with Crippen molar-refractivity contribution in [2.45, 2.75) is 152 Å². The van der Waals surface area contributed by atoms with Crippen LogP contribution in [0.25, 0.3) is 0 Å². The van der Waals surface area contributed by atoms with E-state index in [-0.39, 0.29) is 0 Å². The summed E-state index contributed by atoms with van der Waals surface area (Å²) in [5, 5.41) is 8.67. The number of hydrogen-bond donors (Lipinski definition) is 1. The van der Waals surface area contributed by atoms with E-state index in [4.69, 9.17) is 5.11 Å². The van der Waals surface area contributed by atoms with Crippen LogP contribution in [0.1, 0.15) is 0 Å². The first-order valence-corrected chi connectivity index (χ1v) is 26.6. The Morgan fingerprint density at radius 2 is 0.398 bits per heavy atom. The van der Waals surface area contributed by atoms with E-state index in [9.17, 15) is 8.78 Å². The van der Waals surface area contributed by atoms with E-state index in [1.54, 1.807) is 0 Å². The molecule has 1 N–H and O–H groups in total. The van der Waals surface area contributed by atoms with Crippen LogP contribution in [0, 0.1) is 10.8 Å². The Hall–Kier alpha value is -3.56. The van der Waals surface area contributed by atoms with E-state index in [1.165, 1.54) is 28.4 Å². The summed E-state index contributed by atoms with van der Waals surface area (Å²) in [6.45, 7) is -37.6. The molecule has 0 spiro atoms. The van der Waals surface area contributed by atoms with E-state index in [1.807, 2.05) is 0 Å². The van der Waals surface area contributed by atoms with E-state index in [2.05, 4.69) is 52.1 Å². The maximum Gasteiger partial charge on any atom is 0.426 e. The van der Waals surface area contributed by atoms with Crippen molar-refractivity contribution in [3.05, 3.63) is 0 Å². The molecule has 5 heterocycles. The number of aliphatic hydroxyl groups is 1. The van der Waals surface area contributed by atoms with Gasteiger partial charge in [-0.3, -0.25) is 4.74 Å². The van der Waals surface area contributed by atoms with Gasteiger partial charge in [0.2, 0.25) is 0 Å². The SMILES string of the molecule is OCCOCC(F)(F)C(F)(F)OC(F)(F)C(C(F)(F)OC(F)(F)C(F)(F)COCC1CO1)(C(F)(F)OC(F)(F)C(F)(F)COC1CO1)C(F)(F)OC(F)(F)C(C(F)(F)OC(F)(F)C(F)(F)COCC1CO1)(C(F)(F)OC(F)(F)C(F)(F)COCC1CO1)C(F)(F)OC(F)(F)C(F)(F)COCC1CO1. The molecule has 5 rings (SSSR count). The summed E-state index contributed by atoms with van der Waals surface area (Å²) in [5.74, 6) is -45.3. The van der Waals surface area contributed by atoms with Crippen molar-refractivity contribution in [1.29, 1.82) is 0 Å². The Labute approximate surface area is 541 Å². The zero-order chi connectivity index (χ0) is 79.6. The summed E-state index contributed by atoms with van der Waals surface area (Å²) >= 11 is 0. The van der Waals surface area contributed by atoms with Crippen LogP contribution in [-0.2, 0) is 85.3 Å². The Morgan fingerprint density at radius 3 is 0.563 bits per heavy atom. The lowest BCUT2D eigenvalue weighted by molar-refractivity contribution is -0.647. The van der Waals surface area contributed by atoms with Gasteiger partial charge in [-0.15, -0.1) is 0 Å². The van der Waals surface area contributed by atoms with E-state index < -0.39 is 275 Å². The predicted octanol–water partition coefficient (Wildman–Crippen LogP) is 11.2. The van der Waals surface area contributed by atoms with E-state index in [0.29, 0.717) is 0 Å². The van der Waals surface area contributed by atoms with Crippen molar-refractivity contribution in [2.75, 3.05) is 112 Å². The van der Waals surface area contributed by atoms with Crippen LogP contribution in [0.4, 0.5) is 176 Å². The fraction of sp³-hybridized carbons (Fsp3) is 1.00. The average molecular weight is 1630 g/mol. The van der Waals surface area contributed by atoms with Crippen LogP contribution in [0.3, 0.4) is 0 Å². The standard InChI is InChI=1S/C44H40F40O19/c45-23(46,12-86-2-1-85)31(57,58)97-37(69,70)30(42(79,80)102-36(67,68)28(55,56)17-96-22-11-95-22,41(77,78)101-35(65,66)27(53,54)16-90-6-21-10-94-21)44(83,84)103-43(81,82)29(38(71,72)98-32(59,60)24(47,48)13-87-3-18-7-91-18,39(73,74)99-33(61,62)25(49,50)14-88-4-19-8-92-19)40(75,76)100-34(63,64)26(51,52)15-89-5-20-9-93-20/h18-22,85H,1-17H2. The van der Waals surface area contributed by atoms with Gasteiger partial charge in [-0.05, 0) is 0 Å². The Bertz CT molecular complexity index is 2650. The number of epoxide rings is 5. The molecule has 0 aromatic carbocycles. The minimum atomic E-state index is -11.3. The van der Waals surface area contributed by atoms with Gasteiger partial charge in [-0.1, -0.05) is 0 Å². The Kier molecular flexibility index (Phi) is 25.7. The first-order valence-electron chi connectivity index (χ1n) is 26.6. The van der Waals surface area contributed by atoms with Crippen LogP contribution in [0.5, 0.6) is 0 Å². The molecule has 0 saturated carbocycles. The fourth-order valence-corrected chi connectivity index (χ4v) is 7.25. The number of aliphatic hydroxyl groups excluding tert-OH is 1. The van der Waals surface area contributed by atoms with Crippen molar-refractivity contribution in [3.8, 4) is 0 Å². The van der Waals surface area contributed by atoms with Crippen LogP contribution in [0.2, 0.25) is 0 Å². The highest BCUT2D eigenvalue weighted by Gasteiger charge is 3.03. The monoisotopic (exact) mass is 1630 g/mol. The van der Waals surface area contributed by atoms with Gasteiger partial charge in [0.1, 0.15) is 70.7 Å². The van der Waals surface area contributed by atoms with Crippen molar-refractivity contribution < 1.29 is 266 Å². The number of rotatable bonds is 51. The summed E-state index contributed by atoms with van der Waals surface area (Å²) in [5.41, 5.74) is -22.6. The highest BCUT2D eigenvalue weighted by atomic mass is 19.4. The zero-order valence-corrected chi connectivity index (χ0v) is 48.8. The molecule has 0 radical (unpaired) electrons. The van der Waals surface area contributed by atoms with Crippen LogP contribution >= 0.6 is 0 Å². The third-order valence-corrected chi connectivity index (χ3v) is 13.1. The molecule has 5 fully saturated rings. The highest BCUT2D eigenvalue weighted by Crippen LogP contribution is 2.75. The number of ether oxygens (including phenoxy) is 18. The normalized spacial score (nSPS) is 22.9. The number of hydrogen-bond acceptors (Lipinski definition) is 19. The molecule has 6 atom stereocenters. The largest absolute Gasteiger partial charge is 0.426 e. The summed E-state index contributed by atoms with van der Waals surface area (Å²) in [6.07, 6.45) is -147. The lowest BCUT2D eigenvalue weighted by atomic mass is 9.78. The van der Waals surface area contributed by atoms with Gasteiger partial charge in [-0.2, -0.15) is 176 Å². The van der Waals surface area contributed by atoms with Gasteiger partial charge in [0.15, 0.2) is 6.29 Å². The van der Waals surface area contributed by atoms with Crippen LogP contribution < -0.4 is 0 Å². The van der Waals surface area contributed by atoms with Crippen LogP contribution in [0.15, 0.2) is 0 Å². The smallest absolute Gasteiger partial charge is 0.394 e. The fourth-order valence-electron chi connectivity index (χ4n) is 7.25. The minimum Gasteiger partial charge on any atom is -0.394 e. The molecular formula is C44H40F40O19. The van der Waals surface area contributed by atoms with Crippen LogP contribution in [-0.4, -0.2) is 269 Å². The second-order valence-electron chi connectivity index (χ2n) is 21.4. The quantitative estimate of drug-likeness (QED) is 0.0342.